The van der Waals surface area contributed by atoms with Crippen molar-refractivity contribution in [2.24, 2.45) is 0 Å². The molecule has 1 atom stereocenters. The summed E-state index contributed by atoms with van der Waals surface area (Å²) in [6, 6.07) is 9.15. The number of aliphatic hydroxyl groups is 1. The number of rotatable bonds is 4. The number of amides is 1. The third kappa shape index (κ3) is 3.39. The van der Waals surface area contributed by atoms with Gasteiger partial charge in [0.15, 0.2) is 0 Å². The standard InChI is InChI=1S/C16H15BClNO5/c18-14-5-10-8-24-17(23)13(10)6-12(14)16(22)19-7-15(21)9-1-3-11(20)4-2-9/h1-6,15,20-21,23H,7-8H2,(H,19,22). The maximum absolute atomic E-state index is 12.3. The summed E-state index contributed by atoms with van der Waals surface area (Å²) in [4.78, 5) is 12.3. The van der Waals surface area contributed by atoms with Crippen LogP contribution in [-0.4, -0.2) is 34.8 Å². The lowest BCUT2D eigenvalue weighted by molar-refractivity contribution is 0.0916. The van der Waals surface area contributed by atoms with Crippen LogP contribution in [0.2, 0.25) is 5.02 Å². The van der Waals surface area contributed by atoms with Gasteiger partial charge in [-0.05, 0) is 40.9 Å². The Morgan fingerprint density at radius 1 is 1.33 bits per heavy atom. The Kier molecular flexibility index (Phi) is 4.77. The van der Waals surface area contributed by atoms with E-state index in [1.54, 1.807) is 18.2 Å². The van der Waals surface area contributed by atoms with Gasteiger partial charge >= 0.3 is 7.12 Å². The first-order valence-corrected chi connectivity index (χ1v) is 7.70. The zero-order chi connectivity index (χ0) is 17.3. The SMILES string of the molecule is O=C(NCC(O)c1ccc(O)cc1)c1cc2c(cc1Cl)COB2O. The molecule has 1 amide bonds. The van der Waals surface area contributed by atoms with E-state index in [0.717, 1.165) is 5.56 Å². The summed E-state index contributed by atoms with van der Waals surface area (Å²) >= 11 is 6.11. The van der Waals surface area contributed by atoms with Gasteiger partial charge in [-0.25, -0.2) is 0 Å². The number of nitrogens with one attached hydrogen (secondary N) is 1. The van der Waals surface area contributed by atoms with Gasteiger partial charge in [0.05, 0.1) is 23.3 Å². The number of aromatic hydroxyl groups is 1. The highest BCUT2D eigenvalue weighted by Crippen LogP contribution is 2.21. The fourth-order valence-electron chi connectivity index (χ4n) is 2.52. The number of aliphatic hydroxyl groups excluding tert-OH is 1. The van der Waals surface area contributed by atoms with E-state index in [2.05, 4.69) is 5.32 Å². The van der Waals surface area contributed by atoms with Gasteiger partial charge in [-0.2, -0.15) is 0 Å². The molecule has 6 nitrogen and oxygen atoms in total. The summed E-state index contributed by atoms with van der Waals surface area (Å²) in [7, 11) is -1.06. The lowest BCUT2D eigenvalue weighted by atomic mass is 9.78. The Hall–Kier alpha value is -2.06. The molecule has 1 heterocycles. The fraction of sp³-hybridized carbons (Fsp3) is 0.188. The van der Waals surface area contributed by atoms with Gasteiger partial charge in [-0.1, -0.05) is 23.7 Å². The molecule has 8 heteroatoms. The van der Waals surface area contributed by atoms with E-state index in [9.17, 15) is 20.0 Å². The number of halogens is 1. The highest BCUT2D eigenvalue weighted by atomic mass is 35.5. The number of phenolic OH excluding ortho intramolecular Hbond substituents is 1. The monoisotopic (exact) mass is 347 g/mol. The quantitative estimate of drug-likeness (QED) is 0.611. The minimum Gasteiger partial charge on any atom is -0.508 e. The highest BCUT2D eigenvalue weighted by Gasteiger charge is 2.29. The normalized spacial score (nSPS) is 14.4. The summed E-state index contributed by atoms with van der Waals surface area (Å²) in [5.74, 6) is -0.361. The predicted molar refractivity (Wildman–Crippen MR) is 89.2 cm³/mol. The van der Waals surface area contributed by atoms with Gasteiger partial charge in [0, 0.05) is 6.54 Å². The molecule has 0 saturated carbocycles. The minimum absolute atomic E-state index is 0.0178. The van der Waals surface area contributed by atoms with Crippen LogP contribution in [0.1, 0.15) is 27.6 Å². The second-order valence-corrected chi connectivity index (χ2v) is 5.92. The smallest absolute Gasteiger partial charge is 0.491 e. The molecule has 0 bridgehead atoms. The van der Waals surface area contributed by atoms with Gasteiger partial charge in [-0.3, -0.25) is 4.79 Å². The van der Waals surface area contributed by atoms with Gasteiger partial charge in [-0.15, -0.1) is 0 Å². The first-order valence-electron chi connectivity index (χ1n) is 7.33. The molecule has 1 aliphatic rings. The number of carbonyl (C=O) groups excluding carboxylic acids is 1. The Morgan fingerprint density at radius 2 is 2.04 bits per heavy atom. The van der Waals surface area contributed by atoms with E-state index in [1.165, 1.54) is 18.2 Å². The third-order valence-corrected chi connectivity index (χ3v) is 4.18. The summed E-state index contributed by atoms with van der Waals surface area (Å²) in [6.07, 6.45) is -0.920. The van der Waals surface area contributed by atoms with Crippen LogP contribution in [0.25, 0.3) is 0 Å². The van der Waals surface area contributed by atoms with E-state index < -0.39 is 19.1 Å². The number of fused-ring (bicyclic) bond motifs is 1. The fourth-order valence-corrected chi connectivity index (χ4v) is 2.79. The molecule has 0 aliphatic carbocycles. The van der Waals surface area contributed by atoms with Crippen LogP contribution in [-0.2, 0) is 11.3 Å². The second kappa shape index (κ2) is 6.82. The van der Waals surface area contributed by atoms with Crippen molar-refractivity contribution in [1.82, 2.24) is 5.32 Å². The highest BCUT2D eigenvalue weighted by molar-refractivity contribution is 6.61. The summed E-state index contributed by atoms with van der Waals surface area (Å²) in [6.45, 7) is 0.230. The third-order valence-electron chi connectivity index (χ3n) is 3.87. The average Bonchev–Trinajstić information content (AvgIpc) is 2.92. The van der Waals surface area contributed by atoms with E-state index >= 15 is 0 Å². The summed E-state index contributed by atoms with van der Waals surface area (Å²) in [5.41, 5.74) is 2.03. The average molecular weight is 348 g/mol. The van der Waals surface area contributed by atoms with Crippen molar-refractivity contribution >= 4 is 30.1 Å². The van der Waals surface area contributed by atoms with Crippen molar-refractivity contribution < 1.29 is 24.7 Å². The van der Waals surface area contributed by atoms with Crippen molar-refractivity contribution in [3.8, 4) is 5.75 Å². The lowest BCUT2D eigenvalue weighted by Crippen LogP contribution is -2.32. The number of phenols is 1. The molecule has 0 saturated heterocycles. The van der Waals surface area contributed by atoms with Crippen LogP contribution in [0, 0.1) is 0 Å². The first kappa shape index (κ1) is 16.8. The predicted octanol–water partition coefficient (Wildman–Crippen LogP) is 0.727. The molecule has 0 fully saturated rings. The molecule has 0 spiro atoms. The Morgan fingerprint density at radius 3 is 2.75 bits per heavy atom. The Labute approximate surface area is 143 Å². The van der Waals surface area contributed by atoms with Crippen molar-refractivity contribution in [1.29, 1.82) is 0 Å². The maximum atomic E-state index is 12.3. The van der Waals surface area contributed by atoms with E-state index in [-0.39, 0.29) is 29.5 Å². The van der Waals surface area contributed by atoms with E-state index in [0.29, 0.717) is 11.0 Å². The van der Waals surface area contributed by atoms with Gasteiger partial charge in [0.2, 0.25) is 0 Å². The van der Waals surface area contributed by atoms with E-state index in [1.807, 2.05) is 0 Å². The van der Waals surface area contributed by atoms with Crippen LogP contribution in [0.5, 0.6) is 5.75 Å². The summed E-state index contributed by atoms with van der Waals surface area (Å²) < 4.78 is 5.08. The molecule has 2 aromatic rings. The number of hydrogen-bond donors (Lipinski definition) is 4. The zero-order valence-corrected chi connectivity index (χ0v) is 13.3. The van der Waals surface area contributed by atoms with Gasteiger partial charge in [0.25, 0.3) is 5.91 Å². The largest absolute Gasteiger partial charge is 0.508 e. The molecule has 0 radical (unpaired) electrons. The molecule has 2 aromatic carbocycles. The van der Waals surface area contributed by atoms with E-state index in [4.69, 9.17) is 16.3 Å². The van der Waals surface area contributed by atoms with Crippen LogP contribution in [0.15, 0.2) is 36.4 Å². The molecule has 1 aliphatic heterocycles. The molecular formula is C16H15BClNO5. The Balaban J connectivity index is 1.69. The first-order chi connectivity index (χ1) is 11.5. The summed E-state index contributed by atoms with van der Waals surface area (Å²) in [5, 5.41) is 31.9. The molecule has 1 unspecified atom stereocenters. The number of hydrogen-bond acceptors (Lipinski definition) is 5. The van der Waals surface area contributed by atoms with Crippen molar-refractivity contribution in [3.63, 3.8) is 0 Å². The topological polar surface area (TPSA) is 99.0 Å². The minimum atomic E-state index is -1.06. The lowest BCUT2D eigenvalue weighted by Gasteiger charge is -2.13. The van der Waals surface area contributed by atoms with Crippen LogP contribution < -0.4 is 10.8 Å². The molecular weight excluding hydrogens is 332 g/mol. The van der Waals surface area contributed by atoms with Crippen molar-refractivity contribution in [2.75, 3.05) is 6.54 Å². The van der Waals surface area contributed by atoms with Gasteiger partial charge < -0.3 is 25.2 Å². The molecule has 24 heavy (non-hydrogen) atoms. The maximum Gasteiger partial charge on any atom is 0.491 e. The molecule has 4 N–H and O–H groups in total. The van der Waals surface area contributed by atoms with Gasteiger partial charge in [0.1, 0.15) is 5.75 Å². The Bertz CT molecular complexity index is 768. The second-order valence-electron chi connectivity index (χ2n) is 5.51. The van der Waals surface area contributed by atoms with Crippen LogP contribution in [0.4, 0.5) is 0 Å². The number of carbonyl (C=O) groups is 1. The molecule has 3 rings (SSSR count). The zero-order valence-electron chi connectivity index (χ0n) is 12.6. The molecule has 124 valence electrons. The van der Waals surface area contributed by atoms with Crippen LogP contribution >= 0.6 is 11.6 Å². The van der Waals surface area contributed by atoms with Crippen molar-refractivity contribution in [2.45, 2.75) is 12.7 Å². The molecule has 0 aromatic heterocycles. The van der Waals surface area contributed by atoms with Crippen LogP contribution in [0.3, 0.4) is 0 Å². The number of benzene rings is 2. The van der Waals surface area contributed by atoms with Crippen molar-refractivity contribution in [3.05, 3.63) is 58.1 Å².